The molecule has 1 aromatic carbocycles. The van der Waals surface area contributed by atoms with Crippen molar-refractivity contribution in [3.8, 4) is 0 Å². The van der Waals surface area contributed by atoms with Crippen molar-refractivity contribution in [2.75, 3.05) is 26.7 Å². The Kier molecular flexibility index (Phi) is 4.57. The van der Waals surface area contributed by atoms with E-state index in [0.717, 1.165) is 19.0 Å². The van der Waals surface area contributed by atoms with E-state index >= 15 is 0 Å². The fourth-order valence-electron chi connectivity index (χ4n) is 2.51. The molecule has 0 bridgehead atoms. The quantitative estimate of drug-likeness (QED) is 0.856. The lowest BCUT2D eigenvalue weighted by molar-refractivity contribution is 0.235. The normalized spacial score (nSPS) is 18.5. The first kappa shape index (κ1) is 12.6. The van der Waals surface area contributed by atoms with Gasteiger partial charge >= 0.3 is 0 Å². The predicted molar refractivity (Wildman–Crippen MR) is 73.4 cm³/mol. The van der Waals surface area contributed by atoms with Crippen LogP contribution in [-0.2, 0) is 6.42 Å². The van der Waals surface area contributed by atoms with E-state index in [0.29, 0.717) is 0 Å². The highest BCUT2D eigenvalue weighted by Crippen LogP contribution is 2.10. The van der Waals surface area contributed by atoms with Crippen molar-refractivity contribution in [3.05, 3.63) is 35.4 Å². The Morgan fingerprint density at radius 1 is 1.24 bits per heavy atom. The van der Waals surface area contributed by atoms with E-state index in [1.54, 1.807) is 0 Å². The van der Waals surface area contributed by atoms with Crippen LogP contribution < -0.4 is 5.32 Å². The maximum absolute atomic E-state index is 3.69. The van der Waals surface area contributed by atoms with Gasteiger partial charge < -0.3 is 10.2 Å². The van der Waals surface area contributed by atoms with E-state index in [2.05, 4.69) is 48.5 Å². The van der Waals surface area contributed by atoms with E-state index in [9.17, 15) is 0 Å². The highest BCUT2D eigenvalue weighted by molar-refractivity contribution is 5.25. The van der Waals surface area contributed by atoms with Crippen LogP contribution in [0.25, 0.3) is 0 Å². The molecule has 0 amide bonds. The monoisotopic (exact) mass is 232 g/mol. The molecule has 17 heavy (non-hydrogen) atoms. The SMILES string of the molecule is Cc1ccccc1CCNC1CCN(C)CC1. The summed E-state index contributed by atoms with van der Waals surface area (Å²) in [6, 6.07) is 9.42. The van der Waals surface area contributed by atoms with E-state index < -0.39 is 0 Å². The van der Waals surface area contributed by atoms with Crippen LogP contribution in [0.3, 0.4) is 0 Å². The average Bonchev–Trinajstić information content (AvgIpc) is 2.34. The van der Waals surface area contributed by atoms with Gasteiger partial charge in [0.1, 0.15) is 0 Å². The lowest BCUT2D eigenvalue weighted by Crippen LogP contribution is -2.41. The Hall–Kier alpha value is -0.860. The van der Waals surface area contributed by atoms with Crippen LogP contribution in [0, 0.1) is 6.92 Å². The number of benzene rings is 1. The zero-order valence-electron chi connectivity index (χ0n) is 11.1. The van der Waals surface area contributed by atoms with Crippen molar-refractivity contribution in [2.24, 2.45) is 0 Å². The smallest absolute Gasteiger partial charge is 0.00915 e. The molecule has 1 saturated heterocycles. The third-order valence-corrected chi connectivity index (χ3v) is 3.81. The zero-order valence-corrected chi connectivity index (χ0v) is 11.1. The molecule has 1 aromatic rings. The van der Waals surface area contributed by atoms with Crippen LogP contribution >= 0.6 is 0 Å². The molecule has 1 fully saturated rings. The van der Waals surface area contributed by atoms with Crippen LogP contribution in [0.5, 0.6) is 0 Å². The van der Waals surface area contributed by atoms with E-state index in [-0.39, 0.29) is 0 Å². The number of piperidine rings is 1. The molecule has 0 aromatic heterocycles. The first-order valence-corrected chi connectivity index (χ1v) is 6.72. The van der Waals surface area contributed by atoms with Gasteiger partial charge in [0.15, 0.2) is 0 Å². The Balaban J connectivity index is 1.71. The molecule has 0 spiro atoms. The van der Waals surface area contributed by atoms with Crippen LogP contribution in [0.15, 0.2) is 24.3 Å². The van der Waals surface area contributed by atoms with Crippen molar-refractivity contribution in [2.45, 2.75) is 32.2 Å². The molecule has 0 atom stereocenters. The summed E-state index contributed by atoms with van der Waals surface area (Å²) >= 11 is 0. The Labute approximate surface area is 105 Å². The van der Waals surface area contributed by atoms with Gasteiger partial charge in [0.2, 0.25) is 0 Å². The number of rotatable bonds is 4. The van der Waals surface area contributed by atoms with Crippen LogP contribution in [-0.4, -0.2) is 37.6 Å². The molecule has 2 heteroatoms. The van der Waals surface area contributed by atoms with Gasteiger partial charge in [-0.2, -0.15) is 0 Å². The molecule has 0 unspecified atom stereocenters. The molecule has 1 heterocycles. The van der Waals surface area contributed by atoms with Gasteiger partial charge in [0.25, 0.3) is 0 Å². The van der Waals surface area contributed by atoms with Gasteiger partial charge in [-0.25, -0.2) is 0 Å². The van der Waals surface area contributed by atoms with Crippen LogP contribution in [0.4, 0.5) is 0 Å². The number of aryl methyl sites for hydroxylation is 1. The number of hydrogen-bond acceptors (Lipinski definition) is 2. The van der Waals surface area contributed by atoms with Gasteiger partial charge in [0.05, 0.1) is 0 Å². The lowest BCUT2D eigenvalue weighted by Gasteiger charge is -2.29. The van der Waals surface area contributed by atoms with E-state index in [4.69, 9.17) is 0 Å². The van der Waals surface area contributed by atoms with Crippen molar-refractivity contribution in [1.82, 2.24) is 10.2 Å². The summed E-state index contributed by atoms with van der Waals surface area (Å²) in [4.78, 5) is 2.42. The molecule has 1 N–H and O–H groups in total. The lowest BCUT2D eigenvalue weighted by atomic mass is 10.0. The largest absolute Gasteiger partial charge is 0.314 e. The molecule has 0 saturated carbocycles. The molecule has 0 radical (unpaired) electrons. The van der Waals surface area contributed by atoms with Gasteiger partial charge in [-0.1, -0.05) is 24.3 Å². The first-order chi connectivity index (χ1) is 8.25. The maximum atomic E-state index is 3.69. The Morgan fingerprint density at radius 2 is 1.94 bits per heavy atom. The van der Waals surface area contributed by atoms with E-state index in [1.165, 1.54) is 37.1 Å². The molecule has 0 aliphatic carbocycles. The van der Waals surface area contributed by atoms with Crippen LogP contribution in [0.2, 0.25) is 0 Å². The van der Waals surface area contributed by atoms with Crippen molar-refractivity contribution in [3.63, 3.8) is 0 Å². The van der Waals surface area contributed by atoms with Gasteiger partial charge in [0, 0.05) is 6.04 Å². The molecular weight excluding hydrogens is 208 g/mol. The summed E-state index contributed by atoms with van der Waals surface area (Å²) in [5.41, 5.74) is 2.89. The van der Waals surface area contributed by atoms with E-state index in [1.807, 2.05) is 0 Å². The third-order valence-electron chi connectivity index (χ3n) is 3.81. The summed E-state index contributed by atoms with van der Waals surface area (Å²) < 4.78 is 0. The fourth-order valence-corrected chi connectivity index (χ4v) is 2.51. The minimum absolute atomic E-state index is 0.732. The number of nitrogens with zero attached hydrogens (tertiary/aromatic N) is 1. The summed E-state index contributed by atoms with van der Waals surface area (Å²) in [6.07, 6.45) is 3.74. The second kappa shape index (κ2) is 6.18. The van der Waals surface area contributed by atoms with Crippen molar-refractivity contribution >= 4 is 0 Å². The zero-order chi connectivity index (χ0) is 12.1. The minimum Gasteiger partial charge on any atom is -0.314 e. The molecule has 2 rings (SSSR count). The minimum atomic E-state index is 0.732. The fraction of sp³-hybridized carbons (Fsp3) is 0.600. The molecule has 94 valence electrons. The highest BCUT2D eigenvalue weighted by atomic mass is 15.1. The standard InChI is InChI=1S/C15H24N2/c1-13-5-3-4-6-14(13)7-10-16-15-8-11-17(2)12-9-15/h3-6,15-16H,7-12H2,1-2H3. The molecule has 2 nitrogen and oxygen atoms in total. The Bertz CT molecular complexity index is 341. The second-order valence-electron chi connectivity index (χ2n) is 5.21. The van der Waals surface area contributed by atoms with Gasteiger partial charge in [-0.3, -0.25) is 0 Å². The summed E-state index contributed by atoms with van der Waals surface area (Å²) in [7, 11) is 2.21. The number of nitrogens with one attached hydrogen (secondary N) is 1. The maximum Gasteiger partial charge on any atom is 0.00915 e. The number of hydrogen-bond donors (Lipinski definition) is 1. The highest BCUT2D eigenvalue weighted by Gasteiger charge is 2.15. The summed E-state index contributed by atoms with van der Waals surface area (Å²) in [6.45, 7) is 5.79. The topological polar surface area (TPSA) is 15.3 Å². The Morgan fingerprint density at radius 3 is 2.65 bits per heavy atom. The van der Waals surface area contributed by atoms with Crippen molar-refractivity contribution < 1.29 is 0 Å². The average molecular weight is 232 g/mol. The van der Waals surface area contributed by atoms with Gasteiger partial charge in [-0.05, 0) is 64.0 Å². The number of likely N-dealkylation sites (tertiary alicyclic amines) is 1. The predicted octanol–water partition coefficient (Wildman–Crippen LogP) is 2.22. The molecule has 1 aliphatic rings. The van der Waals surface area contributed by atoms with Crippen molar-refractivity contribution in [1.29, 1.82) is 0 Å². The molecular formula is C15H24N2. The summed E-state index contributed by atoms with van der Waals surface area (Å²) in [5.74, 6) is 0. The first-order valence-electron chi connectivity index (χ1n) is 6.72. The van der Waals surface area contributed by atoms with Crippen LogP contribution in [0.1, 0.15) is 24.0 Å². The second-order valence-corrected chi connectivity index (χ2v) is 5.21. The summed E-state index contributed by atoms with van der Waals surface area (Å²) in [5, 5.41) is 3.69. The van der Waals surface area contributed by atoms with Gasteiger partial charge in [-0.15, -0.1) is 0 Å². The third kappa shape index (κ3) is 3.83. The molecule has 1 aliphatic heterocycles.